The van der Waals surface area contributed by atoms with E-state index in [9.17, 15) is 4.79 Å². The largest absolute Gasteiger partial charge is 0.351 e. The number of halogens is 1. The summed E-state index contributed by atoms with van der Waals surface area (Å²) >= 11 is 5.96. The highest BCUT2D eigenvalue weighted by atomic mass is 35.5. The van der Waals surface area contributed by atoms with Crippen molar-refractivity contribution < 1.29 is 4.79 Å². The molecule has 1 aromatic carbocycles. The number of benzene rings is 1. The third-order valence-corrected chi connectivity index (χ3v) is 5.72. The van der Waals surface area contributed by atoms with Gasteiger partial charge in [-0.15, -0.1) is 0 Å². The summed E-state index contributed by atoms with van der Waals surface area (Å²) in [5.74, 6) is 0.174. The van der Waals surface area contributed by atoms with E-state index in [0.717, 1.165) is 70.2 Å². The molecule has 0 radical (unpaired) electrons. The fourth-order valence-corrected chi connectivity index (χ4v) is 4.03. The number of nitrogens with one attached hydrogen (secondary N) is 1. The van der Waals surface area contributed by atoms with Crippen molar-refractivity contribution in [2.45, 2.75) is 32.4 Å². The first-order valence-electron chi connectivity index (χ1n) is 9.83. The lowest BCUT2D eigenvalue weighted by Gasteiger charge is -2.35. The molecule has 1 atom stereocenters. The van der Waals surface area contributed by atoms with Crippen LogP contribution in [0.25, 0.3) is 0 Å². The Labute approximate surface area is 162 Å². The van der Waals surface area contributed by atoms with Gasteiger partial charge in [-0.1, -0.05) is 30.7 Å². The molecule has 2 heterocycles. The summed E-state index contributed by atoms with van der Waals surface area (Å²) in [5.41, 5.74) is 1.27. The predicted octanol–water partition coefficient (Wildman–Crippen LogP) is 2.06. The number of nitrogens with zero attached hydrogens (tertiary/aromatic N) is 3. The van der Waals surface area contributed by atoms with E-state index < -0.39 is 0 Å². The van der Waals surface area contributed by atoms with Crippen molar-refractivity contribution in [1.29, 1.82) is 0 Å². The number of carbonyl (C=O) groups excluding carboxylic acids is 1. The highest BCUT2D eigenvalue weighted by Crippen LogP contribution is 2.16. The summed E-state index contributed by atoms with van der Waals surface area (Å²) < 4.78 is 0. The van der Waals surface area contributed by atoms with E-state index in [2.05, 4.69) is 39.1 Å². The molecule has 26 heavy (non-hydrogen) atoms. The van der Waals surface area contributed by atoms with Crippen LogP contribution in [0.5, 0.6) is 0 Å². The molecule has 2 aliphatic rings. The molecule has 0 unspecified atom stereocenters. The molecule has 0 aliphatic carbocycles. The van der Waals surface area contributed by atoms with Crippen LogP contribution in [0, 0.1) is 0 Å². The molecule has 0 saturated carbocycles. The molecule has 2 aliphatic heterocycles. The SMILES string of the molecule is CCN1CCN(CC(=O)N[C@H]2CCCN(Cc3ccc(Cl)cc3)C2)CC1. The van der Waals surface area contributed by atoms with Crippen LogP contribution in [0.2, 0.25) is 5.02 Å². The fraction of sp³-hybridized carbons (Fsp3) is 0.650. The molecule has 6 heteroatoms. The maximum absolute atomic E-state index is 12.4. The predicted molar refractivity (Wildman–Crippen MR) is 106 cm³/mol. The Morgan fingerprint density at radius 1 is 1.08 bits per heavy atom. The van der Waals surface area contributed by atoms with E-state index in [1.807, 2.05) is 12.1 Å². The second-order valence-corrected chi connectivity index (χ2v) is 7.92. The number of hydrogen-bond acceptors (Lipinski definition) is 4. The quantitative estimate of drug-likeness (QED) is 0.822. The number of rotatable bonds is 6. The van der Waals surface area contributed by atoms with Gasteiger partial charge >= 0.3 is 0 Å². The molecule has 2 saturated heterocycles. The summed E-state index contributed by atoms with van der Waals surface area (Å²) in [6, 6.07) is 8.32. The number of piperidine rings is 1. The van der Waals surface area contributed by atoms with Crippen LogP contribution in [-0.2, 0) is 11.3 Å². The van der Waals surface area contributed by atoms with E-state index >= 15 is 0 Å². The Balaban J connectivity index is 1.41. The maximum atomic E-state index is 12.4. The van der Waals surface area contributed by atoms with Crippen molar-refractivity contribution in [3.63, 3.8) is 0 Å². The number of likely N-dealkylation sites (tertiary alicyclic amines) is 1. The summed E-state index contributed by atoms with van der Waals surface area (Å²) in [6.45, 7) is 10.9. The van der Waals surface area contributed by atoms with Gasteiger partial charge < -0.3 is 10.2 Å². The molecule has 0 spiro atoms. The fourth-order valence-electron chi connectivity index (χ4n) is 3.91. The number of amides is 1. The molecule has 1 amide bonds. The van der Waals surface area contributed by atoms with Crippen LogP contribution in [-0.4, -0.2) is 79.0 Å². The smallest absolute Gasteiger partial charge is 0.234 e. The Kier molecular flexibility index (Phi) is 7.32. The molecular weight excluding hydrogens is 348 g/mol. The minimum Gasteiger partial charge on any atom is -0.351 e. The van der Waals surface area contributed by atoms with Gasteiger partial charge in [0.2, 0.25) is 5.91 Å². The third-order valence-electron chi connectivity index (χ3n) is 5.47. The second kappa shape index (κ2) is 9.70. The number of piperazine rings is 1. The zero-order chi connectivity index (χ0) is 18.4. The van der Waals surface area contributed by atoms with Crippen LogP contribution in [0.1, 0.15) is 25.3 Å². The first-order valence-corrected chi connectivity index (χ1v) is 10.2. The highest BCUT2D eigenvalue weighted by molar-refractivity contribution is 6.30. The van der Waals surface area contributed by atoms with Crippen molar-refractivity contribution >= 4 is 17.5 Å². The highest BCUT2D eigenvalue weighted by Gasteiger charge is 2.23. The van der Waals surface area contributed by atoms with Gasteiger partial charge in [-0.05, 0) is 43.6 Å². The lowest BCUT2D eigenvalue weighted by molar-refractivity contribution is -0.123. The molecule has 1 N–H and O–H groups in total. The van der Waals surface area contributed by atoms with Crippen molar-refractivity contribution in [3.8, 4) is 0 Å². The van der Waals surface area contributed by atoms with Crippen LogP contribution in [0.4, 0.5) is 0 Å². The zero-order valence-corrected chi connectivity index (χ0v) is 16.5. The van der Waals surface area contributed by atoms with Gasteiger partial charge in [-0.2, -0.15) is 0 Å². The molecule has 1 aromatic rings. The summed E-state index contributed by atoms with van der Waals surface area (Å²) in [7, 11) is 0. The summed E-state index contributed by atoms with van der Waals surface area (Å²) in [4.78, 5) is 19.6. The molecular formula is C20H31ClN4O. The second-order valence-electron chi connectivity index (χ2n) is 7.48. The van der Waals surface area contributed by atoms with E-state index in [-0.39, 0.29) is 11.9 Å². The Morgan fingerprint density at radius 2 is 1.77 bits per heavy atom. The van der Waals surface area contributed by atoms with Crippen LogP contribution in [0.3, 0.4) is 0 Å². The van der Waals surface area contributed by atoms with Crippen molar-refractivity contribution in [2.75, 3.05) is 52.4 Å². The molecule has 5 nitrogen and oxygen atoms in total. The van der Waals surface area contributed by atoms with Crippen molar-refractivity contribution in [2.24, 2.45) is 0 Å². The first-order chi connectivity index (χ1) is 12.6. The minimum atomic E-state index is 0.174. The Bertz CT molecular complexity index is 572. The average molecular weight is 379 g/mol. The van der Waals surface area contributed by atoms with Gasteiger partial charge in [0.15, 0.2) is 0 Å². The monoisotopic (exact) mass is 378 g/mol. The van der Waals surface area contributed by atoms with Crippen molar-refractivity contribution in [1.82, 2.24) is 20.0 Å². The Hall–Kier alpha value is -1.14. The topological polar surface area (TPSA) is 38.8 Å². The van der Waals surface area contributed by atoms with E-state index in [4.69, 9.17) is 11.6 Å². The minimum absolute atomic E-state index is 0.174. The average Bonchev–Trinajstić information content (AvgIpc) is 2.64. The maximum Gasteiger partial charge on any atom is 0.234 e. The number of likely N-dealkylation sites (N-methyl/N-ethyl adjacent to an activating group) is 1. The number of carbonyl (C=O) groups is 1. The molecule has 144 valence electrons. The van der Waals surface area contributed by atoms with Crippen molar-refractivity contribution in [3.05, 3.63) is 34.9 Å². The standard InChI is InChI=1S/C20H31ClN4O/c1-2-23-10-12-24(13-11-23)16-20(26)22-19-4-3-9-25(15-19)14-17-5-7-18(21)8-6-17/h5-8,19H,2-4,9-16H2,1H3,(H,22,26)/t19-/m0/s1. The molecule has 2 fully saturated rings. The normalized spacial score (nSPS) is 23.1. The van der Waals surface area contributed by atoms with E-state index in [1.165, 1.54) is 5.56 Å². The zero-order valence-electron chi connectivity index (χ0n) is 15.8. The van der Waals surface area contributed by atoms with Gasteiger partial charge in [0.25, 0.3) is 0 Å². The summed E-state index contributed by atoms with van der Waals surface area (Å²) in [6.07, 6.45) is 2.21. The van der Waals surface area contributed by atoms with Gasteiger partial charge in [0, 0.05) is 50.3 Å². The van der Waals surface area contributed by atoms with Crippen LogP contribution < -0.4 is 5.32 Å². The lowest BCUT2D eigenvalue weighted by atomic mass is 10.0. The van der Waals surface area contributed by atoms with E-state index in [0.29, 0.717) is 6.54 Å². The molecule has 0 aromatic heterocycles. The number of hydrogen-bond donors (Lipinski definition) is 1. The van der Waals surface area contributed by atoms with Crippen LogP contribution in [0.15, 0.2) is 24.3 Å². The van der Waals surface area contributed by atoms with Gasteiger partial charge in [-0.25, -0.2) is 0 Å². The Morgan fingerprint density at radius 3 is 2.46 bits per heavy atom. The van der Waals surface area contributed by atoms with Gasteiger partial charge in [0.1, 0.15) is 0 Å². The van der Waals surface area contributed by atoms with Gasteiger partial charge in [0.05, 0.1) is 6.54 Å². The van der Waals surface area contributed by atoms with Gasteiger partial charge in [-0.3, -0.25) is 14.6 Å². The lowest BCUT2D eigenvalue weighted by Crippen LogP contribution is -2.52. The third kappa shape index (κ3) is 5.95. The summed E-state index contributed by atoms with van der Waals surface area (Å²) in [5, 5.41) is 4.03. The van der Waals surface area contributed by atoms with Crippen LogP contribution >= 0.6 is 11.6 Å². The first kappa shape index (κ1) is 19.6. The molecule has 3 rings (SSSR count). The van der Waals surface area contributed by atoms with E-state index in [1.54, 1.807) is 0 Å². The molecule has 0 bridgehead atoms.